The fourth-order valence-corrected chi connectivity index (χ4v) is 4.04. The van der Waals surface area contributed by atoms with Crippen LogP contribution in [0.1, 0.15) is 56.1 Å². The van der Waals surface area contributed by atoms with E-state index in [-0.39, 0.29) is 0 Å². The molecule has 0 nitrogen and oxygen atoms in total. The first-order valence-corrected chi connectivity index (χ1v) is 8.64. The zero-order valence-electron chi connectivity index (χ0n) is 12.4. The van der Waals surface area contributed by atoms with Gasteiger partial charge in [-0.05, 0) is 66.9 Å². The van der Waals surface area contributed by atoms with Gasteiger partial charge in [0.25, 0.3) is 0 Å². The summed E-state index contributed by atoms with van der Waals surface area (Å²) < 4.78 is 0. The predicted molar refractivity (Wildman–Crippen MR) is 85.5 cm³/mol. The highest BCUT2D eigenvalue weighted by Crippen LogP contribution is 2.55. The van der Waals surface area contributed by atoms with E-state index in [1.54, 1.807) is 38.5 Å². The molecular weight excluding hydrogens is 240 g/mol. The molecule has 20 heavy (non-hydrogen) atoms. The standard InChI is InChI=1S/C9H8.C6H10.C5H8/c1-2-5-9-7-3-6-8(9)4-1;1-2-5-4-6(5)3-1;1-2-5-3-4(1)5/h1-6H,7H2;5-6H,1-4H2;4-5H,1-3H2. The van der Waals surface area contributed by atoms with Crippen LogP contribution in [-0.4, -0.2) is 0 Å². The Bertz CT molecular complexity index is 479. The molecular formula is C20H26. The van der Waals surface area contributed by atoms with Crippen LogP contribution in [0.15, 0.2) is 30.3 Å². The summed E-state index contributed by atoms with van der Waals surface area (Å²) in [5, 5.41) is 0. The van der Waals surface area contributed by atoms with Gasteiger partial charge in [-0.15, -0.1) is 0 Å². The summed E-state index contributed by atoms with van der Waals surface area (Å²) in [7, 11) is 0. The van der Waals surface area contributed by atoms with Crippen LogP contribution in [0.3, 0.4) is 0 Å². The van der Waals surface area contributed by atoms with Gasteiger partial charge in [-0.3, -0.25) is 0 Å². The van der Waals surface area contributed by atoms with Crippen molar-refractivity contribution in [2.75, 3.05) is 0 Å². The Morgan fingerprint density at radius 1 is 0.750 bits per heavy atom. The Labute approximate surface area is 123 Å². The first-order chi connectivity index (χ1) is 9.90. The van der Waals surface area contributed by atoms with Crippen LogP contribution >= 0.6 is 0 Å². The summed E-state index contributed by atoms with van der Waals surface area (Å²) in [5.74, 6) is 4.89. The van der Waals surface area contributed by atoms with Gasteiger partial charge >= 0.3 is 0 Å². The van der Waals surface area contributed by atoms with Gasteiger partial charge in [0.1, 0.15) is 0 Å². The van der Waals surface area contributed by atoms with Crippen LogP contribution in [0.25, 0.3) is 6.08 Å². The first kappa shape index (κ1) is 12.7. The zero-order chi connectivity index (χ0) is 13.4. The van der Waals surface area contributed by atoms with Crippen LogP contribution in [0.2, 0.25) is 0 Å². The van der Waals surface area contributed by atoms with Gasteiger partial charge in [0.15, 0.2) is 0 Å². The highest BCUT2D eigenvalue weighted by molar-refractivity contribution is 5.59. The second-order valence-electron chi connectivity index (χ2n) is 7.33. The summed E-state index contributed by atoms with van der Waals surface area (Å²) in [6, 6.07) is 8.49. The van der Waals surface area contributed by atoms with Crippen LogP contribution in [0, 0.1) is 23.7 Å². The third kappa shape index (κ3) is 2.85. The van der Waals surface area contributed by atoms with Gasteiger partial charge in [-0.25, -0.2) is 0 Å². The average Bonchev–Trinajstić information content (AvgIpc) is 3.17. The molecule has 1 aromatic rings. The monoisotopic (exact) mass is 266 g/mol. The Balaban J connectivity index is 0.0000000832. The quantitative estimate of drug-likeness (QED) is 0.583. The smallest absolute Gasteiger partial charge is 0.00882 e. The van der Waals surface area contributed by atoms with E-state index in [9.17, 15) is 0 Å². The van der Waals surface area contributed by atoms with Crippen molar-refractivity contribution >= 4 is 6.08 Å². The highest BCUT2D eigenvalue weighted by Gasteiger charge is 2.44. The lowest BCUT2D eigenvalue weighted by molar-refractivity contribution is 0.468. The largest absolute Gasteiger partial charge is 0.0795 e. The second-order valence-corrected chi connectivity index (χ2v) is 7.33. The second kappa shape index (κ2) is 5.39. The molecule has 4 fully saturated rings. The van der Waals surface area contributed by atoms with E-state index in [4.69, 9.17) is 0 Å². The predicted octanol–water partition coefficient (Wildman–Crippen LogP) is 5.48. The van der Waals surface area contributed by atoms with Gasteiger partial charge in [0.2, 0.25) is 0 Å². The Hall–Kier alpha value is -1.04. The van der Waals surface area contributed by atoms with Gasteiger partial charge < -0.3 is 0 Å². The molecule has 106 valence electrons. The van der Waals surface area contributed by atoms with Crippen LogP contribution < -0.4 is 0 Å². The van der Waals surface area contributed by atoms with Crippen molar-refractivity contribution in [2.24, 2.45) is 23.7 Å². The molecule has 0 saturated heterocycles. The molecule has 0 heterocycles. The maximum absolute atomic E-state index is 2.20. The van der Waals surface area contributed by atoms with Gasteiger partial charge in [-0.1, -0.05) is 55.7 Å². The lowest BCUT2D eigenvalue weighted by Crippen LogP contribution is -1.93. The lowest BCUT2D eigenvalue weighted by atomic mass is 10.0. The molecule has 5 aliphatic rings. The number of rotatable bonds is 0. The van der Waals surface area contributed by atoms with E-state index < -0.39 is 0 Å². The maximum Gasteiger partial charge on any atom is -0.00882 e. The van der Waals surface area contributed by atoms with E-state index in [0.717, 1.165) is 6.42 Å². The summed E-state index contributed by atoms with van der Waals surface area (Å²) >= 11 is 0. The topological polar surface area (TPSA) is 0 Å². The fourth-order valence-electron chi connectivity index (χ4n) is 4.04. The van der Waals surface area contributed by atoms with E-state index >= 15 is 0 Å². The summed E-state index contributed by atoms with van der Waals surface area (Å²) in [4.78, 5) is 0. The van der Waals surface area contributed by atoms with Crippen LogP contribution in [-0.2, 0) is 6.42 Å². The SMILES string of the molecule is C1=Cc2ccccc2C1.C1CC2CC12.C1CC2CC2C1. The highest BCUT2D eigenvalue weighted by atomic mass is 14.5. The molecule has 6 rings (SSSR count). The van der Waals surface area contributed by atoms with Crippen molar-refractivity contribution < 1.29 is 0 Å². The van der Waals surface area contributed by atoms with E-state index in [0.29, 0.717) is 0 Å². The minimum absolute atomic E-state index is 1.12. The molecule has 0 N–H and O–H groups in total. The minimum Gasteiger partial charge on any atom is -0.0795 e. The minimum atomic E-state index is 1.12. The van der Waals surface area contributed by atoms with E-state index in [2.05, 4.69) is 36.4 Å². The molecule has 4 atom stereocenters. The molecule has 0 spiro atoms. The number of hydrogen-bond acceptors (Lipinski definition) is 0. The van der Waals surface area contributed by atoms with Crippen LogP contribution in [0.5, 0.6) is 0 Å². The molecule has 0 aromatic heterocycles. The third-order valence-electron chi connectivity index (χ3n) is 5.89. The number of fused-ring (bicyclic) bond motifs is 3. The first-order valence-electron chi connectivity index (χ1n) is 8.64. The molecule has 0 radical (unpaired) electrons. The Kier molecular flexibility index (Phi) is 3.42. The number of hydrogen-bond donors (Lipinski definition) is 0. The molecule has 0 aliphatic heterocycles. The summed E-state index contributed by atoms with van der Waals surface area (Å²) in [5.41, 5.74) is 2.84. The Morgan fingerprint density at radius 2 is 1.40 bits per heavy atom. The number of benzene rings is 1. The van der Waals surface area contributed by atoms with Crippen molar-refractivity contribution in [1.29, 1.82) is 0 Å². The zero-order valence-corrected chi connectivity index (χ0v) is 12.4. The van der Waals surface area contributed by atoms with Gasteiger partial charge in [0.05, 0.1) is 0 Å². The summed E-state index contributed by atoms with van der Waals surface area (Å²) in [6.07, 6.45) is 16.4. The van der Waals surface area contributed by atoms with Crippen LogP contribution in [0.4, 0.5) is 0 Å². The molecule has 1 aromatic carbocycles. The van der Waals surface area contributed by atoms with E-state index in [1.807, 2.05) is 0 Å². The normalized spacial score (nSPS) is 36.2. The Morgan fingerprint density at radius 3 is 1.85 bits per heavy atom. The summed E-state index contributed by atoms with van der Waals surface area (Å²) in [6.45, 7) is 0. The van der Waals surface area contributed by atoms with Crippen molar-refractivity contribution in [3.63, 3.8) is 0 Å². The van der Waals surface area contributed by atoms with Gasteiger partial charge in [-0.2, -0.15) is 0 Å². The molecule has 0 bridgehead atoms. The third-order valence-corrected chi connectivity index (χ3v) is 5.89. The number of allylic oxidation sites excluding steroid dienone is 1. The maximum atomic E-state index is 2.20. The van der Waals surface area contributed by atoms with Crippen molar-refractivity contribution in [3.05, 3.63) is 41.5 Å². The van der Waals surface area contributed by atoms with Crippen molar-refractivity contribution in [2.45, 2.75) is 51.4 Å². The van der Waals surface area contributed by atoms with Crippen molar-refractivity contribution in [1.82, 2.24) is 0 Å². The van der Waals surface area contributed by atoms with E-state index in [1.165, 1.54) is 41.2 Å². The average molecular weight is 266 g/mol. The molecule has 0 amide bonds. The molecule has 0 heteroatoms. The lowest BCUT2D eigenvalue weighted by Gasteiger charge is -2.04. The molecule has 4 unspecified atom stereocenters. The van der Waals surface area contributed by atoms with Gasteiger partial charge in [0, 0.05) is 0 Å². The van der Waals surface area contributed by atoms with Crippen molar-refractivity contribution in [3.8, 4) is 0 Å². The fraction of sp³-hybridized carbons (Fsp3) is 0.600. The molecule has 5 aliphatic carbocycles. The molecule has 4 saturated carbocycles.